The van der Waals surface area contributed by atoms with Crippen LogP contribution in [0.3, 0.4) is 0 Å². The fourth-order valence-corrected chi connectivity index (χ4v) is 8.27. The highest BCUT2D eigenvalue weighted by atomic mass is 19.4. The van der Waals surface area contributed by atoms with Crippen molar-refractivity contribution in [3.8, 4) is 0 Å². The first-order chi connectivity index (χ1) is 18.1. The Morgan fingerprint density at radius 1 is 1.00 bits per heavy atom. The second kappa shape index (κ2) is 11.9. The van der Waals surface area contributed by atoms with Crippen LogP contribution >= 0.6 is 0 Å². The van der Waals surface area contributed by atoms with Crippen LogP contribution in [0.4, 0.5) is 13.2 Å². The van der Waals surface area contributed by atoms with Gasteiger partial charge in [-0.05, 0) is 109 Å². The molecule has 3 N–H and O–H groups in total. The van der Waals surface area contributed by atoms with Crippen LogP contribution in [0.2, 0.25) is 0 Å². The molecule has 8 atom stereocenters. The van der Waals surface area contributed by atoms with Crippen LogP contribution in [0.25, 0.3) is 0 Å². The number of alkyl halides is 3. The molecule has 8 unspecified atom stereocenters. The minimum absolute atomic E-state index is 0.0239. The Labute approximate surface area is 226 Å². The Bertz CT molecular complexity index is 814. The number of fused-ring (bicyclic) bond motifs is 1. The van der Waals surface area contributed by atoms with E-state index in [1.807, 2.05) is 14.0 Å². The van der Waals surface area contributed by atoms with Crippen molar-refractivity contribution in [2.45, 2.75) is 121 Å². The zero-order valence-electron chi connectivity index (χ0n) is 23.4. The molecule has 38 heavy (non-hydrogen) atoms. The molecule has 3 saturated carbocycles. The van der Waals surface area contributed by atoms with Gasteiger partial charge in [0, 0.05) is 18.0 Å². The molecule has 0 aromatic carbocycles. The highest BCUT2D eigenvalue weighted by Crippen LogP contribution is 2.45. The number of halogens is 3. The topological polar surface area (TPSA) is 69.1 Å². The summed E-state index contributed by atoms with van der Waals surface area (Å²) in [7, 11) is 2.02. The Morgan fingerprint density at radius 3 is 2.37 bits per heavy atom. The molecule has 0 radical (unpaired) electrons. The largest absolute Gasteiger partial charge is 0.391 e. The van der Waals surface area contributed by atoms with E-state index in [0.29, 0.717) is 42.2 Å². The van der Waals surface area contributed by atoms with Gasteiger partial charge in [-0.25, -0.2) is 0 Å². The van der Waals surface area contributed by atoms with Crippen molar-refractivity contribution in [3.63, 3.8) is 0 Å². The standard InChI is InChI=1S/C29H49F3N4O2/c1-17(21-5-4-6-23(13-21)29(30,31)32)33-27-25-14-22(11-12-26(25)34-18(2)35-27)19-7-9-20(10-8-19)28(37)36(3)24-15-38-16-24/h17,19-28,33,37H,4-16H2,1-3H3,(H,34,35). The van der Waals surface area contributed by atoms with E-state index in [1.54, 1.807) is 0 Å². The van der Waals surface area contributed by atoms with Gasteiger partial charge in [0.25, 0.3) is 0 Å². The molecule has 0 aromatic heterocycles. The first kappa shape index (κ1) is 28.6. The number of nitrogens with one attached hydrogen (secondary N) is 2. The normalized spacial score (nSPS) is 40.5. The minimum Gasteiger partial charge on any atom is -0.378 e. The van der Waals surface area contributed by atoms with Crippen LogP contribution in [0.1, 0.15) is 84.5 Å². The van der Waals surface area contributed by atoms with Gasteiger partial charge < -0.3 is 15.2 Å². The number of ether oxygens (including phenoxy) is 1. The van der Waals surface area contributed by atoms with Crippen LogP contribution in [0.15, 0.2) is 4.99 Å². The van der Waals surface area contributed by atoms with Crippen molar-refractivity contribution >= 4 is 5.84 Å². The van der Waals surface area contributed by atoms with Crippen LogP contribution < -0.4 is 10.6 Å². The van der Waals surface area contributed by atoms with Crippen molar-refractivity contribution in [2.24, 2.45) is 40.5 Å². The number of nitrogens with zero attached hydrogens (tertiary/aromatic N) is 2. The van der Waals surface area contributed by atoms with E-state index in [-0.39, 0.29) is 37.2 Å². The maximum atomic E-state index is 13.4. The molecule has 6 nitrogen and oxygen atoms in total. The lowest BCUT2D eigenvalue weighted by Crippen LogP contribution is -2.58. The quantitative estimate of drug-likeness (QED) is 0.399. The van der Waals surface area contributed by atoms with Crippen molar-refractivity contribution < 1.29 is 23.0 Å². The van der Waals surface area contributed by atoms with Crippen LogP contribution in [-0.2, 0) is 4.74 Å². The van der Waals surface area contributed by atoms with E-state index < -0.39 is 12.1 Å². The third-order valence-corrected chi connectivity index (χ3v) is 10.9. The van der Waals surface area contributed by atoms with Crippen molar-refractivity contribution in [2.75, 3.05) is 20.3 Å². The number of rotatable bonds is 7. The molecule has 4 fully saturated rings. The van der Waals surface area contributed by atoms with E-state index in [0.717, 1.165) is 51.2 Å². The fourth-order valence-electron chi connectivity index (χ4n) is 8.27. The average molecular weight is 543 g/mol. The summed E-state index contributed by atoms with van der Waals surface area (Å²) in [5.41, 5.74) is 0. The summed E-state index contributed by atoms with van der Waals surface area (Å²) >= 11 is 0. The van der Waals surface area contributed by atoms with Gasteiger partial charge in [0.1, 0.15) is 12.4 Å². The summed E-state index contributed by atoms with van der Waals surface area (Å²) < 4.78 is 45.6. The van der Waals surface area contributed by atoms with Crippen LogP contribution in [0.5, 0.6) is 0 Å². The second-order valence-corrected chi connectivity index (χ2v) is 13.2. The van der Waals surface area contributed by atoms with E-state index in [4.69, 9.17) is 9.73 Å². The van der Waals surface area contributed by atoms with E-state index in [1.165, 1.54) is 19.3 Å². The smallest absolute Gasteiger partial charge is 0.378 e. The summed E-state index contributed by atoms with van der Waals surface area (Å²) in [6, 6.07) is 0.760. The molecule has 0 spiro atoms. The molecule has 1 saturated heterocycles. The predicted molar refractivity (Wildman–Crippen MR) is 143 cm³/mol. The number of hydrogen-bond acceptors (Lipinski definition) is 6. The lowest BCUT2D eigenvalue weighted by atomic mass is 9.66. The van der Waals surface area contributed by atoms with Crippen molar-refractivity contribution in [1.82, 2.24) is 15.5 Å². The molecule has 0 amide bonds. The molecule has 3 aliphatic carbocycles. The number of aliphatic hydroxyl groups is 1. The number of aliphatic hydroxyl groups excluding tert-OH is 1. The van der Waals surface area contributed by atoms with E-state index >= 15 is 0 Å². The lowest BCUT2D eigenvalue weighted by molar-refractivity contribution is -0.186. The maximum absolute atomic E-state index is 13.4. The maximum Gasteiger partial charge on any atom is 0.391 e. The summed E-state index contributed by atoms with van der Waals surface area (Å²) in [5, 5.41) is 18.3. The summed E-state index contributed by atoms with van der Waals surface area (Å²) in [6.45, 7) is 5.54. The number of hydrogen-bond donors (Lipinski definition) is 3. The Kier molecular flexibility index (Phi) is 8.97. The molecule has 2 aliphatic heterocycles. The average Bonchev–Trinajstić information content (AvgIpc) is 2.86. The van der Waals surface area contributed by atoms with Gasteiger partial charge in [0.15, 0.2) is 0 Å². The van der Waals surface area contributed by atoms with Gasteiger partial charge >= 0.3 is 6.18 Å². The van der Waals surface area contributed by atoms with Crippen molar-refractivity contribution in [1.29, 1.82) is 0 Å². The Balaban J connectivity index is 1.16. The van der Waals surface area contributed by atoms with Crippen LogP contribution in [-0.4, -0.2) is 72.8 Å². The van der Waals surface area contributed by atoms with Gasteiger partial charge in [-0.2, -0.15) is 13.2 Å². The number of aliphatic imine (C=N–C) groups is 1. The lowest BCUT2D eigenvalue weighted by Gasteiger charge is -2.48. The highest BCUT2D eigenvalue weighted by molar-refractivity contribution is 5.80. The summed E-state index contributed by atoms with van der Waals surface area (Å²) in [6.07, 6.45) is 5.49. The monoisotopic (exact) mass is 542 g/mol. The third-order valence-electron chi connectivity index (χ3n) is 10.9. The molecule has 0 aromatic rings. The van der Waals surface area contributed by atoms with Gasteiger partial charge in [-0.1, -0.05) is 6.42 Å². The van der Waals surface area contributed by atoms with Gasteiger partial charge in [0.05, 0.1) is 31.0 Å². The third kappa shape index (κ3) is 6.36. The molecule has 9 heteroatoms. The van der Waals surface area contributed by atoms with Gasteiger partial charge in [-0.3, -0.25) is 15.2 Å². The summed E-state index contributed by atoms with van der Waals surface area (Å²) in [4.78, 5) is 7.06. The van der Waals surface area contributed by atoms with E-state index in [2.05, 4.69) is 22.5 Å². The molecular weight excluding hydrogens is 493 g/mol. The molecule has 5 aliphatic rings. The Morgan fingerprint density at radius 2 is 1.71 bits per heavy atom. The first-order valence-corrected chi connectivity index (χ1v) is 15.2. The SMILES string of the molecule is CC1=NC(NC(C)C2CCCC(C(F)(F)F)C2)C2CC(C3CCC(C(O)N(C)C4COC4)CC3)CCC2N1. The minimum atomic E-state index is -4.08. The number of likely N-dealkylation sites (N-methyl/N-ethyl adjacent to an activating group) is 1. The van der Waals surface area contributed by atoms with E-state index in [9.17, 15) is 18.3 Å². The van der Waals surface area contributed by atoms with Crippen LogP contribution in [0, 0.1) is 35.5 Å². The molecule has 218 valence electrons. The highest BCUT2D eigenvalue weighted by Gasteiger charge is 2.45. The first-order valence-electron chi connectivity index (χ1n) is 15.2. The zero-order valence-corrected chi connectivity index (χ0v) is 23.4. The molecule has 0 bridgehead atoms. The zero-order chi connectivity index (χ0) is 27.0. The molecule has 5 rings (SSSR count). The Hall–Kier alpha value is -0.900. The van der Waals surface area contributed by atoms with Gasteiger partial charge in [-0.15, -0.1) is 0 Å². The fraction of sp³-hybridized carbons (Fsp3) is 0.966. The molecule has 2 heterocycles. The van der Waals surface area contributed by atoms with Gasteiger partial charge in [0.2, 0.25) is 0 Å². The number of amidine groups is 1. The molecular formula is C29H49F3N4O2. The summed E-state index contributed by atoms with van der Waals surface area (Å²) in [5.74, 6) is 1.88. The van der Waals surface area contributed by atoms with Crippen molar-refractivity contribution in [3.05, 3.63) is 0 Å². The predicted octanol–water partition coefficient (Wildman–Crippen LogP) is 4.92. The second-order valence-electron chi connectivity index (χ2n) is 13.2.